The highest BCUT2D eigenvalue weighted by molar-refractivity contribution is 14.0. The molecule has 1 aliphatic heterocycles. The summed E-state index contributed by atoms with van der Waals surface area (Å²) in [7, 11) is 0. The number of halogens is 1. The first-order valence-electron chi connectivity index (χ1n) is 8.27. The summed E-state index contributed by atoms with van der Waals surface area (Å²) in [6.07, 6.45) is 3.81. The molecule has 0 amide bonds. The van der Waals surface area contributed by atoms with Gasteiger partial charge in [-0.15, -0.1) is 35.3 Å². The Hall–Kier alpha value is -1.15. The average Bonchev–Trinajstić information content (AvgIpc) is 2.91. The Morgan fingerprint density at radius 3 is 2.50 bits per heavy atom. The molecule has 1 aromatic carbocycles. The van der Waals surface area contributed by atoms with Crippen molar-refractivity contribution in [2.45, 2.75) is 39.7 Å². The molecular formula is C18H25IN4S. The molecule has 0 atom stereocenters. The van der Waals surface area contributed by atoms with Crippen LogP contribution in [0.5, 0.6) is 0 Å². The van der Waals surface area contributed by atoms with Crippen molar-refractivity contribution >= 4 is 47.0 Å². The summed E-state index contributed by atoms with van der Waals surface area (Å²) in [4.78, 5) is 13.0. The van der Waals surface area contributed by atoms with E-state index >= 15 is 0 Å². The third-order valence-electron chi connectivity index (χ3n) is 4.06. The fraction of sp³-hybridized carbons (Fsp3) is 0.444. The number of benzene rings is 1. The van der Waals surface area contributed by atoms with Crippen molar-refractivity contribution in [3.05, 3.63) is 45.9 Å². The van der Waals surface area contributed by atoms with Crippen molar-refractivity contribution < 1.29 is 0 Å². The molecule has 0 spiro atoms. The van der Waals surface area contributed by atoms with Crippen molar-refractivity contribution in [1.29, 1.82) is 0 Å². The van der Waals surface area contributed by atoms with Crippen molar-refractivity contribution in [1.82, 2.24) is 9.88 Å². The Labute approximate surface area is 165 Å². The van der Waals surface area contributed by atoms with Crippen LogP contribution in [0.1, 0.15) is 34.8 Å². The van der Waals surface area contributed by atoms with Gasteiger partial charge in [-0.05, 0) is 45.2 Å². The lowest BCUT2D eigenvalue weighted by molar-refractivity contribution is 0.340. The predicted molar refractivity (Wildman–Crippen MR) is 114 cm³/mol. The molecule has 1 N–H and O–H groups in total. The van der Waals surface area contributed by atoms with Crippen LogP contribution in [0.25, 0.3) is 0 Å². The second kappa shape index (κ2) is 9.36. The summed E-state index contributed by atoms with van der Waals surface area (Å²) in [5, 5.41) is 4.62. The van der Waals surface area contributed by atoms with Crippen LogP contribution < -0.4 is 5.32 Å². The van der Waals surface area contributed by atoms with E-state index in [1.165, 1.54) is 24.1 Å². The number of nitrogens with one attached hydrogen (secondary N) is 1. The zero-order valence-corrected chi connectivity index (χ0v) is 17.4. The van der Waals surface area contributed by atoms with Crippen LogP contribution in [0, 0.1) is 13.8 Å². The van der Waals surface area contributed by atoms with Gasteiger partial charge < -0.3 is 10.2 Å². The minimum atomic E-state index is 0. The summed E-state index contributed by atoms with van der Waals surface area (Å²) in [6.45, 7) is 6.99. The van der Waals surface area contributed by atoms with Crippen molar-refractivity contribution in [2.75, 3.05) is 18.4 Å². The summed E-state index contributed by atoms with van der Waals surface area (Å²) >= 11 is 1.74. The van der Waals surface area contributed by atoms with Crippen molar-refractivity contribution in [3.8, 4) is 0 Å². The van der Waals surface area contributed by atoms with E-state index in [-0.39, 0.29) is 24.0 Å². The molecule has 24 heavy (non-hydrogen) atoms. The highest BCUT2D eigenvalue weighted by atomic mass is 127. The van der Waals surface area contributed by atoms with Gasteiger partial charge in [0, 0.05) is 23.7 Å². The first kappa shape index (κ1) is 19.2. The number of nitrogens with zero attached hydrogens (tertiary/aromatic N) is 3. The van der Waals surface area contributed by atoms with E-state index in [4.69, 9.17) is 4.99 Å². The zero-order chi connectivity index (χ0) is 16.1. The Balaban J connectivity index is 0.00000208. The molecule has 0 unspecified atom stereocenters. The quantitative estimate of drug-likeness (QED) is 0.409. The second-order valence-corrected chi connectivity index (χ2v) is 7.21. The maximum atomic E-state index is 4.89. The topological polar surface area (TPSA) is 40.5 Å². The van der Waals surface area contributed by atoms with E-state index in [0.29, 0.717) is 6.54 Å². The third kappa shape index (κ3) is 5.17. The monoisotopic (exact) mass is 456 g/mol. The van der Waals surface area contributed by atoms with E-state index in [9.17, 15) is 0 Å². The third-order valence-corrected chi connectivity index (χ3v) is 5.12. The number of thiazole rings is 1. The minimum Gasteiger partial charge on any atom is -0.343 e. The lowest BCUT2D eigenvalue weighted by Crippen LogP contribution is -2.40. The number of guanidine groups is 1. The normalized spacial score (nSPS) is 15.1. The summed E-state index contributed by atoms with van der Waals surface area (Å²) in [5.41, 5.74) is 2.20. The largest absolute Gasteiger partial charge is 0.343 e. The molecule has 3 rings (SSSR count). The number of aryl methyl sites for hydroxylation is 2. The molecule has 0 aliphatic carbocycles. The number of hydrogen-bond donors (Lipinski definition) is 1. The van der Waals surface area contributed by atoms with E-state index in [1.807, 2.05) is 18.2 Å². The van der Waals surface area contributed by atoms with Crippen LogP contribution in [0.3, 0.4) is 0 Å². The SMILES string of the molecule is Cc1nc(C)c(CN=C(Nc2ccccc2)N2CCCCC2)s1.I. The summed E-state index contributed by atoms with van der Waals surface area (Å²) in [5.74, 6) is 0.987. The van der Waals surface area contributed by atoms with Gasteiger partial charge in [-0.25, -0.2) is 9.98 Å². The molecule has 2 aromatic rings. The standard InChI is InChI=1S/C18H24N4S.HI/c1-14-17(23-15(2)20-14)13-19-18(22-11-7-4-8-12-22)21-16-9-5-3-6-10-16;/h3,5-6,9-10H,4,7-8,11-13H2,1-2H3,(H,19,21);1H. The van der Waals surface area contributed by atoms with Gasteiger partial charge in [0.2, 0.25) is 0 Å². The molecule has 1 aliphatic rings. The van der Waals surface area contributed by atoms with Gasteiger partial charge in [-0.1, -0.05) is 18.2 Å². The van der Waals surface area contributed by atoms with E-state index in [0.717, 1.165) is 35.4 Å². The average molecular weight is 456 g/mol. The van der Waals surface area contributed by atoms with E-state index < -0.39 is 0 Å². The Kier molecular flexibility index (Phi) is 7.48. The molecular weight excluding hydrogens is 431 g/mol. The first-order chi connectivity index (χ1) is 11.2. The lowest BCUT2D eigenvalue weighted by atomic mass is 10.1. The zero-order valence-electron chi connectivity index (χ0n) is 14.3. The first-order valence-corrected chi connectivity index (χ1v) is 9.08. The van der Waals surface area contributed by atoms with E-state index in [2.05, 4.69) is 41.2 Å². The number of rotatable bonds is 3. The van der Waals surface area contributed by atoms with Crippen molar-refractivity contribution in [3.63, 3.8) is 0 Å². The Bertz CT molecular complexity index is 663. The van der Waals surface area contributed by atoms with E-state index in [1.54, 1.807) is 11.3 Å². The fourth-order valence-corrected chi connectivity index (χ4v) is 3.70. The molecule has 4 nitrogen and oxygen atoms in total. The highest BCUT2D eigenvalue weighted by Gasteiger charge is 2.15. The van der Waals surface area contributed by atoms with Crippen LogP contribution in [-0.4, -0.2) is 28.9 Å². The lowest BCUT2D eigenvalue weighted by Gasteiger charge is -2.30. The molecule has 130 valence electrons. The molecule has 1 saturated heterocycles. The fourth-order valence-electron chi connectivity index (χ4n) is 2.84. The number of hydrogen-bond acceptors (Lipinski definition) is 3. The molecule has 6 heteroatoms. The summed E-state index contributed by atoms with van der Waals surface area (Å²) < 4.78 is 0. The van der Waals surface area contributed by atoms with Crippen LogP contribution in [0.15, 0.2) is 35.3 Å². The molecule has 1 aromatic heterocycles. The number of aromatic nitrogens is 1. The van der Waals surface area contributed by atoms with Gasteiger partial charge in [0.15, 0.2) is 5.96 Å². The minimum absolute atomic E-state index is 0. The Morgan fingerprint density at radius 2 is 1.88 bits per heavy atom. The molecule has 2 heterocycles. The molecule has 0 bridgehead atoms. The Morgan fingerprint density at radius 1 is 1.17 bits per heavy atom. The van der Waals surface area contributed by atoms with Gasteiger partial charge in [0.25, 0.3) is 0 Å². The molecule has 1 fully saturated rings. The van der Waals surface area contributed by atoms with Crippen LogP contribution >= 0.6 is 35.3 Å². The maximum absolute atomic E-state index is 4.89. The number of aliphatic imine (C=N–C) groups is 1. The van der Waals surface area contributed by atoms with Gasteiger partial charge in [-0.3, -0.25) is 0 Å². The number of anilines is 1. The van der Waals surface area contributed by atoms with Gasteiger partial charge >= 0.3 is 0 Å². The second-order valence-electron chi connectivity index (χ2n) is 5.92. The van der Waals surface area contributed by atoms with Crippen LogP contribution in [0.4, 0.5) is 5.69 Å². The summed E-state index contributed by atoms with van der Waals surface area (Å²) in [6, 6.07) is 10.3. The van der Waals surface area contributed by atoms with Gasteiger partial charge in [0.1, 0.15) is 0 Å². The van der Waals surface area contributed by atoms with Crippen LogP contribution in [0.2, 0.25) is 0 Å². The van der Waals surface area contributed by atoms with Gasteiger partial charge in [0.05, 0.1) is 17.2 Å². The van der Waals surface area contributed by atoms with Gasteiger partial charge in [-0.2, -0.15) is 0 Å². The maximum Gasteiger partial charge on any atom is 0.198 e. The smallest absolute Gasteiger partial charge is 0.198 e. The number of piperidine rings is 1. The predicted octanol–water partition coefficient (Wildman–Crippen LogP) is 4.83. The van der Waals surface area contributed by atoms with Crippen LogP contribution in [-0.2, 0) is 6.54 Å². The number of likely N-dealkylation sites (tertiary alicyclic amines) is 1. The molecule has 0 saturated carbocycles. The number of para-hydroxylation sites is 1. The highest BCUT2D eigenvalue weighted by Crippen LogP contribution is 2.19. The molecule has 0 radical (unpaired) electrons. The van der Waals surface area contributed by atoms with Crippen molar-refractivity contribution in [2.24, 2.45) is 4.99 Å².